The van der Waals surface area contributed by atoms with E-state index in [4.69, 9.17) is 19.2 Å². The first kappa shape index (κ1) is 35.2. The Labute approximate surface area is 283 Å². The number of Topliss-reactive ketones (excluding diaryl/α,β-unsaturated/α-hetero) is 1. The summed E-state index contributed by atoms with van der Waals surface area (Å²) in [5, 5.41) is 2.92. The number of hydrogen-bond acceptors (Lipinski definition) is 10. The molecule has 0 spiro atoms. The van der Waals surface area contributed by atoms with Crippen LogP contribution in [0.5, 0.6) is 5.75 Å². The minimum atomic E-state index is -0.715. The lowest BCUT2D eigenvalue weighted by Crippen LogP contribution is -2.49. The van der Waals surface area contributed by atoms with Gasteiger partial charge in [0.05, 0.1) is 31.9 Å². The van der Waals surface area contributed by atoms with Gasteiger partial charge in [-0.2, -0.15) is 4.98 Å². The Bertz CT molecular complexity index is 1900. The number of ketones is 1. The number of anilines is 1. The second-order valence-corrected chi connectivity index (χ2v) is 13.0. The van der Waals surface area contributed by atoms with Crippen LogP contribution in [0.15, 0.2) is 33.9 Å². The van der Waals surface area contributed by atoms with Crippen molar-refractivity contribution in [3.63, 3.8) is 0 Å². The molecule has 1 unspecified atom stereocenters. The van der Waals surface area contributed by atoms with Crippen LogP contribution in [-0.2, 0) is 34.4 Å². The van der Waals surface area contributed by atoms with Gasteiger partial charge in [-0.05, 0) is 52.7 Å². The normalized spacial score (nSPS) is 16.6. The van der Waals surface area contributed by atoms with Crippen molar-refractivity contribution in [1.29, 1.82) is 0 Å². The average molecular weight is 678 g/mol. The number of nitrogens with zero attached hydrogens (tertiary/aromatic N) is 6. The van der Waals surface area contributed by atoms with E-state index in [1.165, 1.54) is 17.7 Å². The number of amides is 2. The van der Waals surface area contributed by atoms with Gasteiger partial charge in [-0.15, -0.1) is 5.92 Å². The number of piperidine rings is 1. The van der Waals surface area contributed by atoms with Crippen LogP contribution in [0, 0.1) is 11.8 Å². The Kier molecular flexibility index (Phi) is 10.8. The number of aryl methyl sites for hydroxylation is 1. The van der Waals surface area contributed by atoms with Gasteiger partial charge >= 0.3 is 11.8 Å². The molecule has 0 saturated carbocycles. The van der Waals surface area contributed by atoms with Gasteiger partial charge in [-0.25, -0.2) is 9.59 Å². The molecule has 4 heterocycles. The molecule has 2 aliphatic heterocycles. The predicted molar refractivity (Wildman–Crippen MR) is 181 cm³/mol. The van der Waals surface area contributed by atoms with E-state index in [0.29, 0.717) is 45.3 Å². The zero-order valence-electron chi connectivity index (χ0n) is 28.6. The lowest BCUT2D eigenvalue weighted by Gasteiger charge is -2.34. The van der Waals surface area contributed by atoms with E-state index in [9.17, 15) is 24.0 Å². The smallest absolute Gasteiger partial charge is 0.407 e. The molecular weight excluding hydrogens is 634 g/mol. The number of ether oxygens (including phenoxy) is 3. The number of morpholine rings is 1. The first-order valence-electron chi connectivity index (χ1n) is 16.3. The summed E-state index contributed by atoms with van der Waals surface area (Å²) in [6.45, 7) is 9.15. The van der Waals surface area contributed by atoms with Crippen molar-refractivity contribution >= 4 is 34.9 Å². The molecule has 15 nitrogen and oxygen atoms in total. The Morgan fingerprint density at radius 2 is 1.82 bits per heavy atom. The fourth-order valence-corrected chi connectivity index (χ4v) is 5.89. The largest absolute Gasteiger partial charge is 0.483 e. The highest BCUT2D eigenvalue weighted by Crippen LogP contribution is 2.24. The summed E-state index contributed by atoms with van der Waals surface area (Å²) in [6, 6.07) is 6.17. The first-order chi connectivity index (χ1) is 23.4. The van der Waals surface area contributed by atoms with Gasteiger partial charge in [0.15, 0.2) is 23.6 Å². The molecule has 0 radical (unpaired) electrons. The first-order valence-corrected chi connectivity index (χ1v) is 16.3. The van der Waals surface area contributed by atoms with Crippen LogP contribution in [0.2, 0.25) is 0 Å². The molecule has 2 saturated heterocycles. The van der Waals surface area contributed by atoms with Crippen molar-refractivity contribution in [2.75, 3.05) is 50.9 Å². The molecule has 2 aliphatic rings. The highest BCUT2D eigenvalue weighted by atomic mass is 16.6. The van der Waals surface area contributed by atoms with E-state index in [1.54, 1.807) is 55.4 Å². The number of carbonyl (C=O) groups is 3. The fraction of sp³-hybridized carbons (Fsp3) is 0.529. The summed E-state index contributed by atoms with van der Waals surface area (Å²) >= 11 is 0. The van der Waals surface area contributed by atoms with Crippen LogP contribution < -0.4 is 26.2 Å². The van der Waals surface area contributed by atoms with Crippen molar-refractivity contribution in [1.82, 2.24) is 28.9 Å². The number of imidazole rings is 1. The summed E-state index contributed by atoms with van der Waals surface area (Å²) < 4.78 is 20.3. The van der Waals surface area contributed by atoms with Gasteiger partial charge in [-0.1, -0.05) is 18.1 Å². The van der Waals surface area contributed by atoms with Crippen molar-refractivity contribution < 1.29 is 28.6 Å². The molecule has 2 amide bonds. The SMILES string of the molecule is CC#CCn1c(N2CCCC(NC(=O)OC(C)(C)C)C2)nc2c1c(=O)n(CC(=O)c1ccccc1OCC(=O)N1CCOCC1)c(=O)n2C. The third-order valence-electron chi connectivity index (χ3n) is 8.26. The van der Waals surface area contributed by atoms with Gasteiger partial charge in [0, 0.05) is 39.3 Å². The third-order valence-corrected chi connectivity index (χ3v) is 8.26. The van der Waals surface area contributed by atoms with Gasteiger partial charge in [0.25, 0.3) is 11.5 Å². The molecule has 262 valence electrons. The molecule has 0 bridgehead atoms. The van der Waals surface area contributed by atoms with Gasteiger partial charge in [0.1, 0.15) is 11.4 Å². The number of fused-ring (bicyclic) bond motifs is 1. The zero-order chi connectivity index (χ0) is 35.3. The van der Waals surface area contributed by atoms with Gasteiger partial charge in [0.2, 0.25) is 5.95 Å². The molecule has 0 aliphatic carbocycles. The summed E-state index contributed by atoms with van der Waals surface area (Å²) in [6.07, 6.45) is 0.945. The standard InChI is InChI=1S/C34H43N7O8/c1-6-7-15-40-28-29(36-31(40)39-14-10-11-23(20-39)35-32(45)49-34(2,3)4)37(5)33(46)41(30(28)44)21-25(42)24-12-8-9-13-26(24)48-22-27(43)38-16-18-47-19-17-38/h8-9,12-13,23H,10-11,14-22H2,1-5H3,(H,35,45). The van der Waals surface area contributed by atoms with E-state index in [1.807, 2.05) is 4.90 Å². The van der Waals surface area contributed by atoms with E-state index < -0.39 is 35.3 Å². The summed E-state index contributed by atoms with van der Waals surface area (Å²) in [5.74, 6) is 5.66. The van der Waals surface area contributed by atoms with Gasteiger partial charge < -0.3 is 29.3 Å². The minimum absolute atomic E-state index is 0.109. The Balaban J connectivity index is 1.43. The van der Waals surface area contributed by atoms with E-state index >= 15 is 0 Å². The van der Waals surface area contributed by atoms with Crippen LogP contribution in [-0.4, -0.2) is 99.0 Å². The number of rotatable bonds is 9. The maximum absolute atomic E-state index is 14.1. The van der Waals surface area contributed by atoms with Crippen molar-refractivity contribution in [3.8, 4) is 17.6 Å². The average Bonchev–Trinajstić information content (AvgIpc) is 3.46. The van der Waals surface area contributed by atoms with Crippen molar-refractivity contribution in [2.24, 2.45) is 7.05 Å². The molecule has 1 aromatic carbocycles. The fourth-order valence-electron chi connectivity index (χ4n) is 5.89. The lowest BCUT2D eigenvalue weighted by atomic mass is 10.1. The lowest BCUT2D eigenvalue weighted by molar-refractivity contribution is -0.137. The summed E-state index contributed by atoms with van der Waals surface area (Å²) in [4.78, 5) is 74.8. The molecule has 2 fully saturated rings. The van der Waals surface area contributed by atoms with E-state index in [0.717, 1.165) is 17.4 Å². The van der Waals surface area contributed by atoms with Crippen LogP contribution >= 0.6 is 0 Å². The monoisotopic (exact) mass is 677 g/mol. The number of hydrogen-bond donors (Lipinski definition) is 1. The maximum Gasteiger partial charge on any atom is 0.407 e. The second kappa shape index (κ2) is 15.0. The van der Waals surface area contributed by atoms with Crippen molar-refractivity contribution in [2.45, 2.75) is 65.3 Å². The Morgan fingerprint density at radius 1 is 1.08 bits per heavy atom. The molecule has 3 aromatic rings. The van der Waals surface area contributed by atoms with Crippen molar-refractivity contribution in [3.05, 3.63) is 50.7 Å². The molecule has 49 heavy (non-hydrogen) atoms. The maximum atomic E-state index is 14.1. The third kappa shape index (κ3) is 8.14. The number of para-hydroxylation sites is 1. The topological polar surface area (TPSA) is 159 Å². The minimum Gasteiger partial charge on any atom is -0.483 e. The molecule has 1 N–H and O–H groups in total. The summed E-state index contributed by atoms with van der Waals surface area (Å²) in [5.41, 5.74) is -1.64. The van der Waals surface area contributed by atoms with Gasteiger partial charge in [-0.3, -0.25) is 28.1 Å². The van der Waals surface area contributed by atoms with Crippen LogP contribution in [0.3, 0.4) is 0 Å². The molecule has 2 aromatic heterocycles. The number of carbonyl (C=O) groups excluding carboxylic acids is 3. The zero-order valence-corrected chi connectivity index (χ0v) is 28.6. The quantitative estimate of drug-likeness (QED) is 0.260. The molecular formula is C34H43N7O8. The highest BCUT2D eigenvalue weighted by molar-refractivity contribution is 5.98. The molecule has 15 heteroatoms. The number of nitrogens with one attached hydrogen (secondary N) is 1. The second-order valence-electron chi connectivity index (χ2n) is 13.0. The Hall–Kier alpha value is -5.10. The van der Waals surface area contributed by atoms with Crippen LogP contribution in [0.25, 0.3) is 11.2 Å². The number of benzene rings is 1. The number of aromatic nitrogens is 4. The number of alkyl carbamates (subject to hydrolysis) is 1. The van der Waals surface area contributed by atoms with Crippen LogP contribution in [0.4, 0.5) is 10.7 Å². The molecule has 5 rings (SSSR count). The summed E-state index contributed by atoms with van der Waals surface area (Å²) in [7, 11) is 1.50. The van der Waals surface area contributed by atoms with Crippen LogP contribution in [0.1, 0.15) is 50.9 Å². The van der Waals surface area contributed by atoms with E-state index in [2.05, 4.69) is 17.2 Å². The molecule has 1 atom stereocenters. The predicted octanol–water partition coefficient (Wildman–Crippen LogP) is 1.53. The van der Waals surface area contributed by atoms with E-state index in [-0.39, 0.29) is 47.6 Å². The Morgan fingerprint density at radius 3 is 2.53 bits per heavy atom. The highest BCUT2D eigenvalue weighted by Gasteiger charge is 2.30.